The van der Waals surface area contributed by atoms with Crippen LogP contribution < -0.4 is 4.90 Å². The monoisotopic (exact) mass is 536 g/mol. The lowest BCUT2D eigenvalue weighted by Gasteiger charge is -2.42. The van der Waals surface area contributed by atoms with Gasteiger partial charge in [0, 0.05) is 37.8 Å². The minimum Gasteiger partial charge on any atom is -0.298 e. The second kappa shape index (κ2) is 9.97. The van der Waals surface area contributed by atoms with E-state index in [4.69, 9.17) is 4.98 Å². The van der Waals surface area contributed by atoms with Crippen LogP contribution in [0, 0.1) is 6.92 Å². The number of nitrogens with zero attached hydrogens (tertiary/aromatic N) is 4. The summed E-state index contributed by atoms with van der Waals surface area (Å²) in [6.07, 6.45) is 3.70. The summed E-state index contributed by atoms with van der Waals surface area (Å²) >= 11 is 1.66. The summed E-state index contributed by atoms with van der Waals surface area (Å²) in [5.41, 5.74) is 6.82. The summed E-state index contributed by atoms with van der Waals surface area (Å²) in [5.74, 6) is -0.206. The third-order valence-electron chi connectivity index (χ3n) is 8.67. The lowest BCUT2D eigenvalue weighted by Crippen LogP contribution is -2.55. The smallest absolute Gasteiger partial charge is 0.251 e. The van der Waals surface area contributed by atoms with E-state index in [1.165, 1.54) is 28.0 Å². The molecular weight excluding hydrogens is 504 g/mol. The molecule has 1 aromatic heterocycles. The molecule has 0 spiro atoms. The molecule has 39 heavy (non-hydrogen) atoms. The summed E-state index contributed by atoms with van der Waals surface area (Å²) < 4.78 is 1.16. The Balaban J connectivity index is 1.01. The number of hydrogen-bond donors (Lipinski definition) is 0. The number of thiazole rings is 1. The molecule has 4 aromatic rings. The zero-order valence-electron chi connectivity index (χ0n) is 22.2. The van der Waals surface area contributed by atoms with Gasteiger partial charge in [-0.3, -0.25) is 19.4 Å². The Morgan fingerprint density at radius 3 is 2.38 bits per heavy atom. The number of aromatic nitrogens is 1. The minimum absolute atomic E-state index is 0.0942. The summed E-state index contributed by atoms with van der Waals surface area (Å²) in [6.45, 7) is 5.63. The van der Waals surface area contributed by atoms with Gasteiger partial charge in [-0.2, -0.15) is 0 Å². The highest BCUT2D eigenvalue weighted by atomic mass is 32.1. The standard InChI is InChI=1S/C32H32N4O2S/c1-21-6-13-27-29(18-21)39-31(33-27)23-8-10-25(11-9-23)36-30(37)20-28(32(36)38)35-16-14-34(15-17-35)26-12-7-22-4-2-3-5-24(22)19-26/h2-6,8-11,13,18,26,28H,7,12,14-17,19-20H2,1H3/t26-,28+/m0/s1. The normalized spacial score (nSPS) is 22.5. The van der Waals surface area contributed by atoms with Crippen molar-refractivity contribution >= 4 is 39.1 Å². The van der Waals surface area contributed by atoms with Gasteiger partial charge in [-0.15, -0.1) is 11.3 Å². The number of anilines is 1. The van der Waals surface area contributed by atoms with Crippen molar-refractivity contribution in [3.8, 4) is 10.6 Å². The Bertz CT molecular complexity index is 1550. The summed E-state index contributed by atoms with van der Waals surface area (Å²) in [7, 11) is 0. The van der Waals surface area contributed by atoms with Crippen molar-refractivity contribution in [2.75, 3.05) is 31.1 Å². The zero-order valence-corrected chi connectivity index (χ0v) is 23.0. The maximum Gasteiger partial charge on any atom is 0.251 e. The Morgan fingerprint density at radius 2 is 1.59 bits per heavy atom. The molecule has 0 radical (unpaired) electrons. The number of amides is 2. The highest BCUT2D eigenvalue weighted by Crippen LogP contribution is 2.33. The molecule has 3 heterocycles. The van der Waals surface area contributed by atoms with Crippen LogP contribution in [0.4, 0.5) is 5.69 Å². The van der Waals surface area contributed by atoms with E-state index in [9.17, 15) is 9.59 Å². The molecule has 0 unspecified atom stereocenters. The number of piperazine rings is 1. The van der Waals surface area contributed by atoms with Crippen LogP contribution >= 0.6 is 11.3 Å². The van der Waals surface area contributed by atoms with Crippen molar-refractivity contribution in [1.82, 2.24) is 14.8 Å². The predicted molar refractivity (Wildman–Crippen MR) is 156 cm³/mol. The molecule has 0 saturated carbocycles. The first-order valence-corrected chi connectivity index (χ1v) is 14.7. The number of rotatable bonds is 4. The molecule has 2 aliphatic heterocycles. The van der Waals surface area contributed by atoms with Gasteiger partial charge in [-0.05, 0) is 79.3 Å². The van der Waals surface area contributed by atoms with Gasteiger partial charge in [0.1, 0.15) is 5.01 Å². The third kappa shape index (κ3) is 4.58. The van der Waals surface area contributed by atoms with Crippen molar-refractivity contribution in [3.05, 3.63) is 83.4 Å². The van der Waals surface area contributed by atoms with Gasteiger partial charge in [0.25, 0.3) is 5.91 Å². The maximum atomic E-state index is 13.5. The molecule has 2 saturated heterocycles. The average Bonchev–Trinajstić information content (AvgIpc) is 3.52. The number of aryl methyl sites for hydroxylation is 2. The fraction of sp³-hybridized carbons (Fsp3) is 0.344. The first kappa shape index (κ1) is 24.6. The molecular formula is C32H32N4O2S. The minimum atomic E-state index is -0.362. The number of benzene rings is 3. The van der Waals surface area contributed by atoms with E-state index >= 15 is 0 Å². The molecule has 0 bridgehead atoms. The molecule has 7 heteroatoms. The van der Waals surface area contributed by atoms with E-state index < -0.39 is 0 Å². The molecule has 6 nitrogen and oxygen atoms in total. The van der Waals surface area contributed by atoms with Crippen LogP contribution in [0.15, 0.2) is 66.7 Å². The third-order valence-corrected chi connectivity index (χ3v) is 9.73. The molecule has 7 rings (SSSR count). The lowest BCUT2D eigenvalue weighted by molar-refractivity contribution is -0.123. The topological polar surface area (TPSA) is 56.8 Å². The second-order valence-corrected chi connectivity index (χ2v) is 12.1. The van der Waals surface area contributed by atoms with Crippen LogP contribution in [-0.4, -0.2) is 64.9 Å². The van der Waals surface area contributed by atoms with Crippen molar-refractivity contribution in [3.63, 3.8) is 0 Å². The van der Waals surface area contributed by atoms with Crippen LogP contribution in [0.25, 0.3) is 20.8 Å². The number of carbonyl (C=O) groups excluding carboxylic acids is 2. The van der Waals surface area contributed by atoms with Crippen LogP contribution in [0.5, 0.6) is 0 Å². The maximum absolute atomic E-state index is 13.5. The summed E-state index contributed by atoms with van der Waals surface area (Å²) in [5, 5.41) is 0.943. The number of imide groups is 1. The fourth-order valence-corrected chi connectivity index (χ4v) is 7.55. The van der Waals surface area contributed by atoms with E-state index in [2.05, 4.69) is 59.2 Å². The Hall–Kier alpha value is -3.39. The Morgan fingerprint density at radius 1 is 0.846 bits per heavy atom. The van der Waals surface area contributed by atoms with Gasteiger partial charge in [0.2, 0.25) is 5.91 Å². The molecule has 1 aliphatic carbocycles. The Kier molecular flexibility index (Phi) is 6.30. The zero-order chi connectivity index (χ0) is 26.5. The first-order valence-electron chi connectivity index (χ1n) is 13.9. The largest absolute Gasteiger partial charge is 0.298 e. The highest BCUT2D eigenvalue weighted by Gasteiger charge is 2.43. The second-order valence-electron chi connectivity index (χ2n) is 11.1. The van der Waals surface area contributed by atoms with E-state index in [-0.39, 0.29) is 24.3 Å². The van der Waals surface area contributed by atoms with E-state index in [0.717, 1.165) is 59.8 Å². The van der Waals surface area contributed by atoms with Crippen molar-refractivity contribution < 1.29 is 9.59 Å². The Labute approximate surface area is 232 Å². The van der Waals surface area contributed by atoms with Crippen molar-refractivity contribution in [2.24, 2.45) is 0 Å². The molecule has 198 valence electrons. The molecule has 2 atom stereocenters. The molecule has 2 amide bonds. The SMILES string of the molecule is Cc1ccc2nc(-c3ccc(N4C(=O)C[C@@H](N5CCN([C@H]6CCc7ccccc7C6)CC5)C4=O)cc3)sc2c1. The number of carbonyl (C=O) groups is 2. The van der Waals surface area contributed by atoms with E-state index in [1.54, 1.807) is 11.3 Å². The molecule has 2 fully saturated rings. The van der Waals surface area contributed by atoms with Crippen molar-refractivity contribution in [1.29, 1.82) is 0 Å². The van der Waals surface area contributed by atoms with Gasteiger partial charge in [-0.1, -0.05) is 30.3 Å². The van der Waals surface area contributed by atoms with Crippen LogP contribution in [0.1, 0.15) is 29.5 Å². The van der Waals surface area contributed by atoms with Gasteiger partial charge in [0.05, 0.1) is 28.4 Å². The number of fused-ring (bicyclic) bond motifs is 2. The van der Waals surface area contributed by atoms with Crippen molar-refractivity contribution in [2.45, 2.75) is 44.7 Å². The molecule has 0 N–H and O–H groups in total. The van der Waals surface area contributed by atoms with Gasteiger partial charge in [-0.25, -0.2) is 9.88 Å². The van der Waals surface area contributed by atoms with Gasteiger partial charge >= 0.3 is 0 Å². The quantitative estimate of drug-likeness (QED) is 0.341. The molecule has 3 aliphatic rings. The average molecular weight is 537 g/mol. The fourth-order valence-electron chi connectivity index (χ4n) is 6.49. The summed E-state index contributed by atoms with van der Waals surface area (Å²) in [6, 6.07) is 23.0. The lowest BCUT2D eigenvalue weighted by atomic mass is 9.87. The van der Waals surface area contributed by atoms with Gasteiger partial charge < -0.3 is 0 Å². The van der Waals surface area contributed by atoms with Crippen LogP contribution in [0.3, 0.4) is 0 Å². The predicted octanol–water partition coefficient (Wildman–Crippen LogP) is 5.08. The van der Waals surface area contributed by atoms with E-state index in [1.807, 2.05) is 24.3 Å². The first-order chi connectivity index (χ1) is 19.0. The van der Waals surface area contributed by atoms with Crippen LogP contribution in [0.2, 0.25) is 0 Å². The highest BCUT2D eigenvalue weighted by molar-refractivity contribution is 7.21. The van der Waals surface area contributed by atoms with E-state index in [0.29, 0.717) is 11.7 Å². The van der Waals surface area contributed by atoms with Gasteiger partial charge in [0.15, 0.2) is 0 Å². The van der Waals surface area contributed by atoms with Crippen LogP contribution in [-0.2, 0) is 22.4 Å². The summed E-state index contributed by atoms with van der Waals surface area (Å²) in [4.78, 5) is 37.5. The number of hydrogen-bond acceptors (Lipinski definition) is 6. The molecule has 3 aromatic carbocycles.